The van der Waals surface area contributed by atoms with Crippen molar-refractivity contribution in [2.45, 2.75) is 26.8 Å². The zero-order chi connectivity index (χ0) is 18.0. The molecule has 132 valence electrons. The maximum absolute atomic E-state index is 13.0. The highest BCUT2D eigenvalue weighted by atomic mass is 16.2. The lowest BCUT2D eigenvalue weighted by Gasteiger charge is -2.20. The fourth-order valence-electron chi connectivity index (χ4n) is 2.98. The Morgan fingerprint density at radius 2 is 1.92 bits per heavy atom. The minimum atomic E-state index is -0.245. The Balaban J connectivity index is 2.07. The lowest BCUT2D eigenvalue weighted by Crippen LogP contribution is -2.37. The van der Waals surface area contributed by atoms with Crippen molar-refractivity contribution in [3.63, 3.8) is 0 Å². The summed E-state index contributed by atoms with van der Waals surface area (Å²) in [4.78, 5) is 38.8. The van der Waals surface area contributed by atoms with E-state index in [2.05, 4.69) is 10.4 Å². The average molecular weight is 342 g/mol. The van der Waals surface area contributed by atoms with Crippen LogP contribution in [0.5, 0.6) is 0 Å². The summed E-state index contributed by atoms with van der Waals surface area (Å²) in [6.07, 6.45) is 0.273. The molecule has 1 N–H and O–H groups in total. The van der Waals surface area contributed by atoms with Gasteiger partial charge in [-0.15, -0.1) is 0 Å². The summed E-state index contributed by atoms with van der Waals surface area (Å²) in [6, 6.07) is 7.05. The third-order valence-electron chi connectivity index (χ3n) is 4.21. The quantitative estimate of drug-likeness (QED) is 0.902. The Bertz CT molecular complexity index is 872. The number of carbonyl (C=O) groups is 2. The highest BCUT2D eigenvalue weighted by Crippen LogP contribution is 2.16. The van der Waals surface area contributed by atoms with Crippen LogP contribution in [0.1, 0.15) is 30.8 Å². The first-order chi connectivity index (χ1) is 12.0. The van der Waals surface area contributed by atoms with Crippen LogP contribution in [0.4, 0.5) is 0 Å². The number of nitrogens with zero attached hydrogens (tertiary/aromatic N) is 3. The molecule has 1 aromatic carbocycles. The first-order valence-electron chi connectivity index (χ1n) is 8.53. The van der Waals surface area contributed by atoms with Gasteiger partial charge in [-0.3, -0.25) is 14.4 Å². The van der Waals surface area contributed by atoms with Crippen LogP contribution in [0.2, 0.25) is 0 Å². The van der Waals surface area contributed by atoms with E-state index in [0.717, 1.165) is 0 Å². The summed E-state index contributed by atoms with van der Waals surface area (Å²) >= 11 is 0. The Hall–Kier alpha value is -2.70. The van der Waals surface area contributed by atoms with Gasteiger partial charge >= 0.3 is 0 Å². The normalized spacial score (nSPS) is 15.3. The molecule has 3 rings (SSSR count). The fourth-order valence-corrected chi connectivity index (χ4v) is 2.98. The topological polar surface area (TPSA) is 84.3 Å². The molecule has 2 heterocycles. The van der Waals surface area contributed by atoms with Crippen LogP contribution in [-0.4, -0.2) is 46.1 Å². The van der Waals surface area contributed by atoms with Crippen LogP contribution in [0.25, 0.3) is 10.8 Å². The number of fused-ring (bicyclic) bond motifs is 1. The third-order valence-corrected chi connectivity index (χ3v) is 4.21. The molecule has 7 heteroatoms. The molecule has 1 saturated heterocycles. The van der Waals surface area contributed by atoms with Gasteiger partial charge in [0.2, 0.25) is 5.91 Å². The van der Waals surface area contributed by atoms with Gasteiger partial charge in [-0.05, 0) is 12.0 Å². The van der Waals surface area contributed by atoms with E-state index in [1.165, 1.54) is 4.68 Å². The van der Waals surface area contributed by atoms with Crippen LogP contribution in [-0.2, 0) is 11.3 Å². The van der Waals surface area contributed by atoms with Crippen LogP contribution in [0, 0.1) is 5.92 Å². The Morgan fingerprint density at radius 3 is 2.64 bits per heavy atom. The van der Waals surface area contributed by atoms with E-state index >= 15 is 0 Å². The monoisotopic (exact) mass is 342 g/mol. The van der Waals surface area contributed by atoms with Crippen molar-refractivity contribution in [2.75, 3.05) is 19.6 Å². The second-order valence-electron chi connectivity index (χ2n) is 6.67. The Morgan fingerprint density at radius 1 is 1.20 bits per heavy atom. The lowest BCUT2D eigenvalue weighted by molar-refractivity contribution is -0.120. The Kier molecular flexibility index (Phi) is 4.83. The standard InChI is InChI=1S/C18H22N4O3/c1-12(2)11-22-17(24)14-6-4-3-5-13(14)16(20-22)18(25)21-9-7-15(23)19-8-10-21/h3-6,12H,7-11H2,1-2H3,(H,19,23). The third kappa shape index (κ3) is 3.55. The SMILES string of the molecule is CC(C)Cn1nc(C(=O)N2CCNC(=O)CC2)c2ccccc2c1=O. The minimum absolute atomic E-state index is 0.0575. The molecule has 0 saturated carbocycles. The van der Waals surface area contributed by atoms with Gasteiger partial charge in [0.1, 0.15) is 0 Å². The maximum atomic E-state index is 13.0. The van der Waals surface area contributed by atoms with Crippen LogP contribution in [0.15, 0.2) is 29.1 Å². The second kappa shape index (κ2) is 7.04. The zero-order valence-corrected chi connectivity index (χ0v) is 14.5. The number of hydrogen-bond donors (Lipinski definition) is 1. The summed E-state index contributed by atoms with van der Waals surface area (Å²) in [5.41, 5.74) is 0.0822. The van der Waals surface area contributed by atoms with E-state index in [4.69, 9.17) is 0 Å². The van der Waals surface area contributed by atoms with Gasteiger partial charge in [0.15, 0.2) is 5.69 Å². The van der Waals surface area contributed by atoms with E-state index < -0.39 is 0 Å². The first kappa shape index (κ1) is 17.1. The van der Waals surface area contributed by atoms with Crippen LogP contribution in [0.3, 0.4) is 0 Å². The van der Waals surface area contributed by atoms with Crippen molar-refractivity contribution in [3.8, 4) is 0 Å². The van der Waals surface area contributed by atoms with Crippen LogP contribution < -0.4 is 10.9 Å². The van der Waals surface area contributed by atoms with Crippen LogP contribution >= 0.6 is 0 Å². The summed E-state index contributed by atoms with van der Waals surface area (Å²) < 4.78 is 1.38. The predicted octanol–water partition coefficient (Wildman–Crippen LogP) is 1.01. The van der Waals surface area contributed by atoms with Crippen molar-refractivity contribution >= 4 is 22.6 Å². The van der Waals surface area contributed by atoms with E-state index in [-0.39, 0.29) is 35.4 Å². The molecule has 1 fully saturated rings. The number of nitrogens with one attached hydrogen (secondary N) is 1. The van der Waals surface area contributed by atoms with Crippen molar-refractivity contribution in [2.24, 2.45) is 5.92 Å². The smallest absolute Gasteiger partial charge is 0.275 e. The average Bonchev–Trinajstić information content (AvgIpc) is 2.81. The maximum Gasteiger partial charge on any atom is 0.275 e. The number of hydrogen-bond acceptors (Lipinski definition) is 4. The lowest BCUT2D eigenvalue weighted by atomic mass is 10.1. The molecule has 0 bridgehead atoms. The van der Waals surface area contributed by atoms with Gasteiger partial charge in [0, 0.05) is 38.0 Å². The molecule has 2 amide bonds. The van der Waals surface area contributed by atoms with Gasteiger partial charge in [0.25, 0.3) is 11.5 Å². The molecule has 0 unspecified atom stereocenters. The highest BCUT2D eigenvalue weighted by Gasteiger charge is 2.24. The number of aromatic nitrogens is 2. The van der Waals surface area contributed by atoms with E-state index in [1.54, 1.807) is 29.2 Å². The van der Waals surface area contributed by atoms with Gasteiger partial charge in [-0.1, -0.05) is 32.0 Å². The van der Waals surface area contributed by atoms with Gasteiger partial charge in [0.05, 0.1) is 5.39 Å². The van der Waals surface area contributed by atoms with Gasteiger partial charge < -0.3 is 10.2 Å². The molecule has 0 spiro atoms. The molecule has 1 aromatic heterocycles. The van der Waals surface area contributed by atoms with Gasteiger partial charge in [-0.25, -0.2) is 4.68 Å². The molecule has 1 aliphatic heterocycles. The van der Waals surface area contributed by atoms with Crippen molar-refractivity contribution in [1.29, 1.82) is 0 Å². The molecule has 0 radical (unpaired) electrons. The number of carbonyl (C=O) groups excluding carboxylic acids is 2. The van der Waals surface area contributed by atoms with Gasteiger partial charge in [-0.2, -0.15) is 5.10 Å². The Labute approximate surface area is 145 Å². The molecule has 0 atom stereocenters. The number of amides is 2. The highest BCUT2D eigenvalue weighted by molar-refractivity contribution is 6.05. The molecular weight excluding hydrogens is 320 g/mol. The van der Waals surface area contributed by atoms with Crippen molar-refractivity contribution in [3.05, 3.63) is 40.3 Å². The first-order valence-corrected chi connectivity index (χ1v) is 8.53. The zero-order valence-electron chi connectivity index (χ0n) is 14.5. The van der Waals surface area contributed by atoms with E-state index in [1.807, 2.05) is 13.8 Å². The summed E-state index contributed by atoms with van der Waals surface area (Å²) in [7, 11) is 0. The minimum Gasteiger partial charge on any atom is -0.354 e. The number of rotatable bonds is 3. The molecule has 25 heavy (non-hydrogen) atoms. The predicted molar refractivity (Wildman–Crippen MR) is 94.4 cm³/mol. The molecular formula is C18H22N4O3. The molecule has 1 aliphatic rings. The fraction of sp³-hybridized carbons (Fsp3) is 0.444. The number of benzene rings is 1. The largest absolute Gasteiger partial charge is 0.354 e. The molecule has 2 aromatic rings. The van der Waals surface area contributed by atoms with Crippen molar-refractivity contribution < 1.29 is 9.59 Å². The summed E-state index contributed by atoms with van der Waals surface area (Å²) in [5, 5.41) is 8.18. The summed E-state index contributed by atoms with van der Waals surface area (Å²) in [6.45, 7) is 5.65. The molecule has 0 aliphatic carbocycles. The molecule has 7 nitrogen and oxygen atoms in total. The second-order valence-corrected chi connectivity index (χ2v) is 6.67. The van der Waals surface area contributed by atoms with E-state index in [9.17, 15) is 14.4 Å². The van der Waals surface area contributed by atoms with Crippen molar-refractivity contribution in [1.82, 2.24) is 20.0 Å². The van der Waals surface area contributed by atoms with E-state index in [0.29, 0.717) is 37.0 Å². The summed E-state index contributed by atoms with van der Waals surface area (Å²) in [5.74, 6) is -0.0718.